The molecule has 0 unspecified atom stereocenters. The van der Waals surface area contributed by atoms with Crippen molar-refractivity contribution in [2.45, 2.75) is 18.2 Å². The largest absolute Gasteiger partial charge is 0.280 e. The van der Waals surface area contributed by atoms with E-state index < -0.39 is 20.7 Å². The minimum absolute atomic E-state index is 0.148. The highest BCUT2D eigenvalue weighted by Crippen LogP contribution is 2.22. The van der Waals surface area contributed by atoms with E-state index in [-0.39, 0.29) is 5.02 Å². The van der Waals surface area contributed by atoms with Crippen LogP contribution in [0.15, 0.2) is 47.4 Å². The number of hydrogen-bond donors (Lipinski definition) is 1. The zero-order valence-corrected chi connectivity index (χ0v) is 12.3. The fourth-order valence-corrected chi connectivity index (χ4v) is 3.03. The van der Waals surface area contributed by atoms with Gasteiger partial charge in [-0.15, -0.1) is 0 Å². The van der Waals surface area contributed by atoms with Crippen molar-refractivity contribution in [2.75, 3.05) is 4.72 Å². The molecule has 0 aliphatic carbocycles. The van der Waals surface area contributed by atoms with Crippen LogP contribution in [0.2, 0.25) is 5.02 Å². The van der Waals surface area contributed by atoms with Crippen molar-refractivity contribution in [3.8, 4) is 0 Å². The molecule has 0 amide bonds. The highest BCUT2D eigenvalue weighted by Gasteiger charge is 2.19. The van der Waals surface area contributed by atoms with Gasteiger partial charge >= 0.3 is 0 Å². The molecule has 0 aliphatic rings. The first-order valence-corrected chi connectivity index (χ1v) is 7.85. The average molecular weight is 314 g/mol. The third kappa shape index (κ3) is 3.29. The molecular weight excluding hydrogens is 301 g/mol. The normalized spacial score (nSPS) is 11.3. The molecular formula is C14H13ClFNO2S. The highest BCUT2D eigenvalue weighted by molar-refractivity contribution is 7.92. The lowest BCUT2D eigenvalue weighted by atomic mass is 10.1. The Morgan fingerprint density at radius 1 is 1.20 bits per heavy atom. The van der Waals surface area contributed by atoms with Gasteiger partial charge in [-0.05, 0) is 42.3 Å². The first kappa shape index (κ1) is 14.8. The summed E-state index contributed by atoms with van der Waals surface area (Å²) < 4.78 is 40.3. The molecule has 2 rings (SSSR count). The minimum Gasteiger partial charge on any atom is -0.280 e. The van der Waals surface area contributed by atoms with Crippen molar-refractivity contribution < 1.29 is 12.8 Å². The van der Waals surface area contributed by atoms with E-state index in [4.69, 9.17) is 11.6 Å². The molecule has 0 heterocycles. The molecule has 0 aliphatic heterocycles. The zero-order chi connectivity index (χ0) is 14.8. The number of halogens is 2. The number of benzene rings is 2. The average Bonchev–Trinajstić information content (AvgIpc) is 2.37. The summed E-state index contributed by atoms with van der Waals surface area (Å²) in [4.78, 5) is -0.427. The van der Waals surface area contributed by atoms with Gasteiger partial charge in [0, 0.05) is 10.7 Å². The Hall–Kier alpha value is -1.59. The third-order valence-corrected chi connectivity index (χ3v) is 4.42. The van der Waals surface area contributed by atoms with Gasteiger partial charge in [0.15, 0.2) is 0 Å². The lowest BCUT2D eigenvalue weighted by Crippen LogP contribution is -2.14. The monoisotopic (exact) mass is 313 g/mol. The summed E-state index contributed by atoms with van der Waals surface area (Å²) in [5.41, 5.74) is 1.39. The van der Waals surface area contributed by atoms with E-state index in [1.807, 2.05) is 13.0 Å². The summed E-state index contributed by atoms with van der Waals surface area (Å²) in [6, 6.07) is 10.4. The van der Waals surface area contributed by atoms with Crippen LogP contribution in [0, 0.1) is 5.82 Å². The topological polar surface area (TPSA) is 46.2 Å². The van der Waals surface area contributed by atoms with Crippen molar-refractivity contribution in [3.63, 3.8) is 0 Å². The van der Waals surface area contributed by atoms with E-state index in [0.29, 0.717) is 5.69 Å². The summed E-state index contributed by atoms with van der Waals surface area (Å²) in [6.07, 6.45) is 0.783. The molecule has 0 saturated heterocycles. The molecule has 0 radical (unpaired) electrons. The lowest BCUT2D eigenvalue weighted by Gasteiger charge is -2.10. The summed E-state index contributed by atoms with van der Waals surface area (Å²) in [5, 5.41) is 0.148. The standard InChI is InChI=1S/C14H13ClFNO2S/c1-2-10-4-3-5-12(8-10)17-20(18,19)14-7-6-11(15)9-13(14)16/h3-9,17H,2H2,1H3. The van der Waals surface area contributed by atoms with Crippen LogP contribution in [0.5, 0.6) is 0 Å². The van der Waals surface area contributed by atoms with Crippen LogP contribution in [0.25, 0.3) is 0 Å². The Balaban J connectivity index is 2.35. The first-order chi connectivity index (χ1) is 9.42. The molecule has 1 N–H and O–H groups in total. The number of sulfonamides is 1. The van der Waals surface area contributed by atoms with Gasteiger partial charge in [-0.25, -0.2) is 12.8 Å². The lowest BCUT2D eigenvalue weighted by molar-refractivity contribution is 0.570. The summed E-state index contributed by atoms with van der Waals surface area (Å²) >= 11 is 5.61. The Bertz CT molecular complexity index is 732. The Labute approximate surface area is 122 Å². The Morgan fingerprint density at radius 3 is 2.60 bits per heavy atom. The Kier molecular flexibility index (Phi) is 4.30. The van der Waals surface area contributed by atoms with Gasteiger partial charge in [0.1, 0.15) is 10.7 Å². The van der Waals surface area contributed by atoms with Gasteiger partial charge in [-0.3, -0.25) is 4.72 Å². The molecule has 0 bridgehead atoms. The van der Waals surface area contributed by atoms with Crippen LogP contribution in [-0.4, -0.2) is 8.42 Å². The molecule has 3 nitrogen and oxygen atoms in total. The maximum Gasteiger partial charge on any atom is 0.264 e. The van der Waals surface area contributed by atoms with Gasteiger partial charge in [0.2, 0.25) is 0 Å². The van der Waals surface area contributed by atoms with Crippen LogP contribution in [0.1, 0.15) is 12.5 Å². The minimum atomic E-state index is -3.97. The van der Waals surface area contributed by atoms with E-state index in [2.05, 4.69) is 4.72 Å². The van der Waals surface area contributed by atoms with Crippen molar-refractivity contribution in [2.24, 2.45) is 0 Å². The molecule has 6 heteroatoms. The van der Waals surface area contributed by atoms with Crippen LogP contribution >= 0.6 is 11.6 Å². The van der Waals surface area contributed by atoms with Crippen LogP contribution in [0.3, 0.4) is 0 Å². The smallest absolute Gasteiger partial charge is 0.264 e. The number of rotatable bonds is 4. The molecule has 0 atom stereocenters. The highest BCUT2D eigenvalue weighted by atomic mass is 35.5. The molecule has 106 valence electrons. The van der Waals surface area contributed by atoms with E-state index in [1.165, 1.54) is 6.07 Å². The van der Waals surface area contributed by atoms with Crippen molar-refractivity contribution in [3.05, 3.63) is 58.9 Å². The SMILES string of the molecule is CCc1cccc(NS(=O)(=O)c2ccc(Cl)cc2F)c1. The summed E-state index contributed by atoms with van der Waals surface area (Å²) in [6.45, 7) is 1.96. The predicted molar refractivity (Wildman–Crippen MR) is 78.0 cm³/mol. The van der Waals surface area contributed by atoms with E-state index in [1.54, 1.807) is 18.2 Å². The maximum absolute atomic E-state index is 13.7. The fourth-order valence-electron chi connectivity index (χ4n) is 1.76. The quantitative estimate of drug-likeness (QED) is 0.932. The number of hydrogen-bond acceptors (Lipinski definition) is 2. The van der Waals surface area contributed by atoms with Gasteiger partial charge in [-0.1, -0.05) is 30.7 Å². The molecule has 0 aromatic heterocycles. The van der Waals surface area contributed by atoms with Crippen molar-refractivity contribution >= 4 is 27.3 Å². The Morgan fingerprint density at radius 2 is 1.95 bits per heavy atom. The second-order valence-electron chi connectivity index (χ2n) is 4.23. The second-order valence-corrected chi connectivity index (χ2v) is 6.32. The van der Waals surface area contributed by atoms with Crippen LogP contribution in [0.4, 0.5) is 10.1 Å². The van der Waals surface area contributed by atoms with Gasteiger partial charge < -0.3 is 0 Å². The molecule has 2 aromatic carbocycles. The summed E-state index contributed by atoms with van der Waals surface area (Å²) in [7, 11) is -3.97. The van der Waals surface area contributed by atoms with Crippen molar-refractivity contribution in [1.29, 1.82) is 0 Å². The van der Waals surface area contributed by atoms with Crippen LogP contribution in [-0.2, 0) is 16.4 Å². The number of nitrogens with one attached hydrogen (secondary N) is 1. The van der Waals surface area contributed by atoms with E-state index >= 15 is 0 Å². The van der Waals surface area contributed by atoms with Gasteiger partial charge in [0.05, 0.1) is 0 Å². The molecule has 0 saturated carbocycles. The number of anilines is 1. The summed E-state index contributed by atoms with van der Waals surface area (Å²) in [5.74, 6) is -0.878. The molecule has 0 spiro atoms. The first-order valence-electron chi connectivity index (χ1n) is 5.99. The van der Waals surface area contributed by atoms with Crippen molar-refractivity contribution in [1.82, 2.24) is 0 Å². The second kappa shape index (κ2) is 5.81. The predicted octanol–water partition coefficient (Wildman–Crippen LogP) is 3.84. The van der Waals surface area contributed by atoms with E-state index in [0.717, 1.165) is 24.1 Å². The molecule has 0 fully saturated rings. The van der Waals surface area contributed by atoms with Crippen LogP contribution < -0.4 is 4.72 Å². The van der Waals surface area contributed by atoms with Gasteiger partial charge in [0.25, 0.3) is 10.0 Å². The van der Waals surface area contributed by atoms with Gasteiger partial charge in [-0.2, -0.15) is 0 Å². The maximum atomic E-state index is 13.7. The molecule has 20 heavy (non-hydrogen) atoms. The third-order valence-electron chi connectivity index (χ3n) is 2.77. The number of aryl methyl sites for hydroxylation is 1. The fraction of sp³-hybridized carbons (Fsp3) is 0.143. The zero-order valence-electron chi connectivity index (χ0n) is 10.7. The molecule has 2 aromatic rings. The van der Waals surface area contributed by atoms with E-state index in [9.17, 15) is 12.8 Å².